The molecule has 4 heteroatoms. The van der Waals surface area contributed by atoms with Crippen molar-refractivity contribution >= 4 is 6.09 Å². The highest BCUT2D eigenvalue weighted by atomic mass is 16.6. The lowest BCUT2D eigenvalue weighted by atomic mass is 10.3. The summed E-state index contributed by atoms with van der Waals surface area (Å²) < 4.78 is 10.2. The van der Waals surface area contributed by atoms with Gasteiger partial charge < -0.3 is 14.8 Å². The maximum absolute atomic E-state index is 10.9. The van der Waals surface area contributed by atoms with Gasteiger partial charge in [-0.05, 0) is 12.1 Å². The molecule has 0 aromatic heterocycles. The molecule has 0 unspecified atom stereocenters. The van der Waals surface area contributed by atoms with Gasteiger partial charge >= 0.3 is 6.09 Å². The summed E-state index contributed by atoms with van der Waals surface area (Å²) in [4.78, 5) is 10.9. The number of benzene rings is 1. The molecule has 0 saturated carbocycles. The first-order valence-electron chi connectivity index (χ1n) is 4.49. The van der Waals surface area contributed by atoms with Crippen LogP contribution in [-0.2, 0) is 0 Å². The van der Waals surface area contributed by atoms with E-state index in [9.17, 15) is 4.79 Å². The Hall–Kier alpha value is -1.97. The van der Waals surface area contributed by atoms with Crippen molar-refractivity contribution in [3.05, 3.63) is 36.9 Å². The molecular formula is C11H13NO3. The van der Waals surface area contributed by atoms with Gasteiger partial charge in [0.1, 0.15) is 18.1 Å². The van der Waals surface area contributed by atoms with Crippen LogP contribution in [0.4, 0.5) is 4.79 Å². The summed E-state index contributed by atoms with van der Waals surface area (Å²) in [6.45, 7) is 3.96. The van der Waals surface area contributed by atoms with Crippen LogP contribution in [0.3, 0.4) is 0 Å². The summed E-state index contributed by atoms with van der Waals surface area (Å²) in [6.07, 6.45) is 1.14. The standard InChI is InChI=1S/C11H13NO3/c1-3-7-14-9-5-4-6-10(8-9)15-11(13)12-2/h3-6,8H,1,7H2,2H3,(H,12,13). The highest BCUT2D eigenvalue weighted by Crippen LogP contribution is 2.19. The molecule has 1 amide bonds. The van der Waals surface area contributed by atoms with E-state index < -0.39 is 6.09 Å². The first kappa shape index (κ1) is 11.1. The third kappa shape index (κ3) is 3.72. The zero-order valence-corrected chi connectivity index (χ0v) is 8.53. The fourth-order valence-corrected chi connectivity index (χ4v) is 0.941. The molecule has 0 heterocycles. The molecule has 15 heavy (non-hydrogen) atoms. The zero-order valence-electron chi connectivity index (χ0n) is 8.53. The third-order valence-corrected chi connectivity index (χ3v) is 1.59. The van der Waals surface area contributed by atoms with Gasteiger partial charge in [-0.25, -0.2) is 4.79 Å². The van der Waals surface area contributed by atoms with Crippen molar-refractivity contribution in [2.45, 2.75) is 0 Å². The Labute approximate surface area is 88.5 Å². The molecule has 1 N–H and O–H groups in total. The molecule has 80 valence electrons. The second-order valence-electron chi connectivity index (χ2n) is 2.71. The highest BCUT2D eigenvalue weighted by molar-refractivity contribution is 5.70. The number of amides is 1. The maximum Gasteiger partial charge on any atom is 0.412 e. The van der Waals surface area contributed by atoms with E-state index in [4.69, 9.17) is 9.47 Å². The number of ether oxygens (including phenoxy) is 2. The minimum absolute atomic E-state index is 0.420. The first-order valence-corrected chi connectivity index (χ1v) is 4.49. The van der Waals surface area contributed by atoms with Gasteiger partial charge in [0, 0.05) is 13.1 Å². The number of nitrogens with one attached hydrogen (secondary N) is 1. The van der Waals surface area contributed by atoms with Crippen molar-refractivity contribution in [1.82, 2.24) is 5.32 Å². The molecule has 0 aliphatic carbocycles. The summed E-state index contributed by atoms with van der Waals surface area (Å²) in [7, 11) is 1.50. The van der Waals surface area contributed by atoms with Crippen LogP contribution < -0.4 is 14.8 Å². The summed E-state index contributed by atoms with van der Waals surface area (Å²) in [5.74, 6) is 1.08. The SMILES string of the molecule is C=CCOc1cccc(OC(=O)NC)c1. The molecular weight excluding hydrogens is 194 g/mol. The summed E-state index contributed by atoms with van der Waals surface area (Å²) in [6, 6.07) is 6.84. The van der Waals surface area contributed by atoms with Crippen LogP contribution in [-0.4, -0.2) is 19.7 Å². The van der Waals surface area contributed by atoms with E-state index in [1.807, 2.05) is 0 Å². The van der Waals surface area contributed by atoms with Gasteiger partial charge in [0.2, 0.25) is 0 Å². The molecule has 0 fully saturated rings. The largest absolute Gasteiger partial charge is 0.489 e. The molecule has 1 aromatic carbocycles. The molecule has 1 rings (SSSR count). The first-order chi connectivity index (χ1) is 7.26. The molecule has 0 radical (unpaired) electrons. The molecule has 0 atom stereocenters. The number of carbonyl (C=O) groups excluding carboxylic acids is 1. The summed E-state index contributed by atoms with van der Waals surface area (Å²) in [5.41, 5.74) is 0. The lowest BCUT2D eigenvalue weighted by molar-refractivity contribution is 0.202. The van der Waals surface area contributed by atoms with E-state index in [1.54, 1.807) is 30.3 Å². The van der Waals surface area contributed by atoms with Gasteiger partial charge in [-0.15, -0.1) is 0 Å². The summed E-state index contributed by atoms with van der Waals surface area (Å²) >= 11 is 0. The third-order valence-electron chi connectivity index (χ3n) is 1.59. The maximum atomic E-state index is 10.9. The fraction of sp³-hybridized carbons (Fsp3) is 0.182. The molecule has 1 aromatic rings. The Morgan fingerprint density at radius 1 is 1.53 bits per heavy atom. The lowest BCUT2D eigenvalue weighted by Crippen LogP contribution is -2.21. The fourth-order valence-electron chi connectivity index (χ4n) is 0.941. The van der Waals surface area contributed by atoms with Crippen molar-refractivity contribution in [2.75, 3.05) is 13.7 Å². The zero-order chi connectivity index (χ0) is 11.1. The highest BCUT2D eigenvalue weighted by Gasteiger charge is 2.02. The molecule has 4 nitrogen and oxygen atoms in total. The van der Waals surface area contributed by atoms with E-state index in [2.05, 4.69) is 11.9 Å². The quantitative estimate of drug-likeness (QED) is 0.768. The van der Waals surface area contributed by atoms with Crippen LogP contribution >= 0.6 is 0 Å². The molecule has 0 spiro atoms. The van der Waals surface area contributed by atoms with Gasteiger partial charge in [0.15, 0.2) is 0 Å². The number of rotatable bonds is 4. The second kappa shape index (κ2) is 5.70. The Balaban J connectivity index is 2.65. The van der Waals surface area contributed by atoms with Crippen LogP contribution in [0, 0.1) is 0 Å². The smallest absolute Gasteiger partial charge is 0.412 e. The van der Waals surface area contributed by atoms with Crippen molar-refractivity contribution in [1.29, 1.82) is 0 Å². The van der Waals surface area contributed by atoms with E-state index in [-0.39, 0.29) is 0 Å². The van der Waals surface area contributed by atoms with Gasteiger partial charge in [-0.2, -0.15) is 0 Å². The van der Waals surface area contributed by atoms with Gasteiger partial charge in [0.25, 0.3) is 0 Å². The van der Waals surface area contributed by atoms with Crippen LogP contribution in [0.1, 0.15) is 0 Å². The van der Waals surface area contributed by atoms with E-state index >= 15 is 0 Å². The Kier molecular flexibility index (Phi) is 4.22. The Morgan fingerprint density at radius 3 is 2.93 bits per heavy atom. The van der Waals surface area contributed by atoms with E-state index in [1.165, 1.54) is 7.05 Å². The average Bonchev–Trinajstić information content (AvgIpc) is 2.26. The number of hydrogen-bond donors (Lipinski definition) is 1. The Morgan fingerprint density at radius 2 is 2.27 bits per heavy atom. The van der Waals surface area contributed by atoms with Gasteiger partial charge in [-0.1, -0.05) is 18.7 Å². The average molecular weight is 207 g/mol. The van der Waals surface area contributed by atoms with Gasteiger partial charge in [-0.3, -0.25) is 0 Å². The topological polar surface area (TPSA) is 47.6 Å². The van der Waals surface area contributed by atoms with E-state index in [0.717, 1.165) is 0 Å². The van der Waals surface area contributed by atoms with Crippen LogP contribution in [0.5, 0.6) is 11.5 Å². The van der Waals surface area contributed by atoms with Crippen molar-refractivity contribution in [2.24, 2.45) is 0 Å². The number of hydrogen-bond acceptors (Lipinski definition) is 3. The normalized spacial score (nSPS) is 9.13. The number of carbonyl (C=O) groups is 1. The monoisotopic (exact) mass is 207 g/mol. The molecule has 0 saturated heterocycles. The molecule has 0 aliphatic heterocycles. The van der Waals surface area contributed by atoms with Crippen molar-refractivity contribution in [3.8, 4) is 11.5 Å². The minimum atomic E-state index is -0.504. The van der Waals surface area contributed by atoms with Crippen molar-refractivity contribution < 1.29 is 14.3 Å². The lowest BCUT2D eigenvalue weighted by Gasteiger charge is -2.06. The predicted molar refractivity (Wildman–Crippen MR) is 57.2 cm³/mol. The van der Waals surface area contributed by atoms with Crippen molar-refractivity contribution in [3.63, 3.8) is 0 Å². The molecule has 0 aliphatic rings. The summed E-state index contributed by atoms with van der Waals surface area (Å²) in [5, 5.41) is 2.36. The predicted octanol–water partition coefficient (Wildman–Crippen LogP) is 1.97. The van der Waals surface area contributed by atoms with Crippen LogP contribution in [0.15, 0.2) is 36.9 Å². The van der Waals surface area contributed by atoms with Crippen LogP contribution in [0.2, 0.25) is 0 Å². The minimum Gasteiger partial charge on any atom is -0.489 e. The van der Waals surface area contributed by atoms with Gasteiger partial charge in [0.05, 0.1) is 0 Å². The Bertz CT molecular complexity index is 349. The second-order valence-corrected chi connectivity index (χ2v) is 2.71. The van der Waals surface area contributed by atoms with E-state index in [0.29, 0.717) is 18.1 Å². The molecule has 0 bridgehead atoms. The van der Waals surface area contributed by atoms with Crippen LogP contribution in [0.25, 0.3) is 0 Å².